The highest BCUT2D eigenvalue weighted by molar-refractivity contribution is 5.82. The van der Waals surface area contributed by atoms with Gasteiger partial charge in [-0.3, -0.25) is 4.79 Å². The van der Waals surface area contributed by atoms with Gasteiger partial charge in [-0.15, -0.1) is 0 Å². The van der Waals surface area contributed by atoms with Crippen LogP contribution in [0.5, 0.6) is 0 Å². The molecule has 1 heterocycles. The molecule has 0 aromatic rings. The lowest BCUT2D eigenvalue weighted by Crippen LogP contribution is -2.49. The van der Waals surface area contributed by atoms with Crippen molar-refractivity contribution in [2.75, 3.05) is 26.7 Å². The minimum Gasteiger partial charge on any atom is -0.392 e. The summed E-state index contributed by atoms with van der Waals surface area (Å²) in [5.41, 5.74) is -0.200. The van der Waals surface area contributed by atoms with Gasteiger partial charge >= 0.3 is 0 Å². The van der Waals surface area contributed by atoms with Crippen molar-refractivity contribution >= 4 is 5.91 Å². The van der Waals surface area contributed by atoms with E-state index in [1.807, 2.05) is 0 Å². The lowest BCUT2D eigenvalue weighted by atomic mass is 9.75. The summed E-state index contributed by atoms with van der Waals surface area (Å²) in [7, 11) is 1.79. The Kier molecular flexibility index (Phi) is 4.74. The predicted molar refractivity (Wildman–Crippen MR) is 64.1 cm³/mol. The van der Waals surface area contributed by atoms with Gasteiger partial charge in [0.25, 0.3) is 0 Å². The minimum absolute atomic E-state index is 0.192. The van der Waals surface area contributed by atoms with Crippen LogP contribution in [0.4, 0.5) is 0 Å². The summed E-state index contributed by atoms with van der Waals surface area (Å²) in [4.78, 5) is 14.1. The molecule has 2 N–H and O–H groups in total. The average molecular weight is 228 g/mol. The molecule has 1 aliphatic rings. The minimum atomic E-state index is -0.454. The Bertz CT molecular complexity index is 235. The third-order valence-corrected chi connectivity index (χ3v) is 3.58. The topological polar surface area (TPSA) is 52.6 Å². The number of hydrogen-bond acceptors (Lipinski definition) is 3. The number of aliphatic hydroxyl groups excluding tert-OH is 1. The number of carbonyl (C=O) groups is 1. The molecule has 0 saturated carbocycles. The van der Waals surface area contributed by atoms with E-state index < -0.39 is 6.10 Å². The van der Waals surface area contributed by atoms with Crippen LogP contribution in [0.15, 0.2) is 0 Å². The molecule has 0 aromatic heterocycles. The van der Waals surface area contributed by atoms with E-state index in [-0.39, 0.29) is 11.3 Å². The summed E-state index contributed by atoms with van der Waals surface area (Å²) in [5.74, 6) is 0.192. The Morgan fingerprint density at radius 1 is 1.50 bits per heavy atom. The number of hydrogen-bond donors (Lipinski definition) is 2. The van der Waals surface area contributed by atoms with E-state index in [0.717, 1.165) is 32.4 Å². The average Bonchev–Trinajstić information content (AvgIpc) is 2.28. The molecule has 1 atom stereocenters. The maximum absolute atomic E-state index is 12.4. The van der Waals surface area contributed by atoms with Crippen molar-refractivity contribution in [2.24, 2.45) is 5.41 Å². The lowest BCUT2D eigenvalue weighted by molar-refractivity contribution is -0.143. The van der Waals surface area contributed by atoms with E-state index in [2.05, 4.69) is 12.2 Å². The van der Waals surface area contributed by atoms with E-state index in [0.29, 0.717) is 6.54 Å². The molecule has 0 radical (unpaired) electrons. The zero-order valence-corrected chi connectivity index (χ0v) is 10.6. The molecule has 1 aliphatic heterocycles. The van der Waals surface area contributed by atoms with Gasteiger partial charge in [-0.05, 0) is 39.3 Å². The van der Waals surface area contributed by atoms with Crippen molar-refractivity contribution in [3.63, 3.8) is 0 Å². The van der Waals surface area contributed by atoms with Crippen LogP contribution in [0.2, 0.25) is 0 Å². The fourth-order valence-electron chi connectivity index (χ4n) is 2.51. The zero-order chi connectivity index (χ0) is 12.2. The number of piperidine rings is 1. The van der Waals surface area contributed by atoms with E-state index in [1.54, 1.807) is 18.9 Å². The van der Waals surface area contributed by atoms with E-state index >= 15 is 0 Å². The van der Waals surface area contributed by atoms with E-state index in [1.165, 1.54) is 0 Å². The zero-order valence-electron chi connectivity index (χ0n) is 10.6. The normalized spacial score (nSPS) is 21.5. The Morgan fingerprint density at radius 3 is 2.50 bits per heavy atom. The fraction of sp³-hybridized carbons (Fsp3) is 0.917. The highest BCUT2D eigenvalue weighted by Crippen LogP contribution is 2.34. The van der Waals surface area contributed by atoms with Gasteiger partial charge in [-0.2, -0.15) is 0 Å². The molecule has 0 aromatic carbocycles. The number of rotatable bonds is 4. The van der Waals surface area contributed by atoms with Crippen LogP contribution in [0.25, 0.3) is 0 Å². The molecule has 1 rings (SSSR count). The summed E-state index contributed by atoms with van der Waals surface area (Å²) in [6.07, 6.45) is 2.25. The van der Waals surface area contributed by atoms with Crippen LogP contribution >= 0.6 is 0 Å². The van der Waals surface area contributed by atoms with Crippen molar-refractivity contribution in [3.8, 4) is 0 Å². The van der Waals surface area contributed by atoms with E-state index in [9.17, 15) is 9.90 Å². The number of likely N-dealkylation sites (N-methyl/N-ethyl adjacent to an activating group) is 1. The monoisotopic (exact) mass is 228 g/mol. The Balaban J connectivity index is 2.67. The number of nitrogens with zero attached hydrogens (tertiary/aromatic N) is 1. The second kappa shape index (κ2) is 5.64. The van der Waals surface area contributed by atoms with Crippen molar-refractivity contribution < 1.29 is 9.90 Å². The SMILES string of the molecule is CCC1(C(=O)N(C)CC(C)O)CCNCC1. The quantitative estimate of drug-likeness (QED) is 0.741. The van der Waals surface area contributed by atoms with Gasteiger partial charge in [-0.25, -0.2) is 0 Å². The molecule has 16 heavy (non-hydrogen) atoms. The molecule has 0 bridgehead atoms. The van der Waals surface area contributed by atoms with Crippen LogP contribution < -0.4 is 5.32 Å². The first-order valence-electron chi connectivity index (χ1n) is 6.16. The van der Waals surface area contributed by atoms with Crippen molar-refractivity contribution in [1.29, 1.82) is 0 Å². The van der Waals surface area contributed by atoms with Gasteiger partial charge in [0.15, 0.2) is 0 Å². The number of nitrogens with one attached hydrogen (secondary N) is 1. The van der Waals surface area contributed by atoms with Gasteiger partial charge in [0, 0.05) is 13.6 Å². The van der Waals surface area contributed by atoms with Gasteiger partial charge < -0.3 is 15.3 Å². The van der Waals surface area contributed by atoms with Gasteiger partial charge in [-0.1, -0.05) is 6.92 Å². The first-order chi connectivity index (χ1) is 7.52. The molecule has 1 unspecified atom stereocenters. The van der Waals surface area contributed by atoms with Gasteiger partial charge in [0.05, 0.1) is 11.5 Å². The second-order valence-electron chi connectivity index (χ2n) is 4.92. The summed E-state index contributed by atoms with van der Waals surface area (Å²) in [6, 6.07) is 0. The smallest absolute Gasteiger partial charge is 0.228 e. The summed E-state index contributed by atoms with van der Waals surface area (Å²) in [6.45, 7) is 6.06. The molecule has 0 aliphatic carbocycles. The summed E-state index contributed by atoms with van der Waals surface area (Å²) in [5, 5.41) is 12.6. The third-order valence-electron chi connectivity index (χ3n) is 3.58. The fourth-order valence-corrected chi connectivity index (χ4v) is 2.51. The number of aliphatic hydroxyl groups is 1. The lowest BCUT2D eigenvalue weighted by Gasteiger charge is -2.38. The van der Waals surface area contributed by atoms with Crippen LogP contribution in [0.1, 0.15) is 33.1 Å². The Morgan fingerprint density at radius 2 is 2.06 bits per heavy atom. The molecule has 1 fully saturated rings. The largest absolute Gasteiger partial charge is 0.392 e. The molecule has 94 valence electrons. The maximum atomic E-state index is 12.4. The molecule has 1 amide bonds. The standard InChI is InChI=1S/C12H24N2O2/c1-4-12(5-7-13-8-6-12)11(16)14(3)9-10(2)15/h10,13,15H,4-9H2,1-3H3. The molecule has 4 nitrogen and oxygen atoms in total. The van der Waals surface area contributed by atoms with Crippen LogP contribution in [-0.4, -0.2) is 48.7 Å². The first-order valence-corrected chi connectivity index (χ1v) is 6.16. The predicted octanol–water partition coefficient (Wildman–Crippen LogP) is 0.605. The highest BCUT2D eigenvalue weighted by Gasteiger charge is 2.39. The van der Waals surface area contributed by atoms with Gasteiger partial charge in [0.2, 0.25) is 5.91 Å². The summed E-state index contributed by atoms with van der Waals surface area (Å²) >= 11 is 0. The van der Waals surface area contributed by atoms with Crippen molar-refractivity contribution in [1.82, 2.24) is 10.2 Å². The molecule has 1 saturated heterocycles. The Hall–Kier alpha value is -0.610. The van der Waals surface area contributed by atoms with E-state index in [4.69, 9.17) is 0 Å². The maximum Gasteiger partial charge on any atom is 0.228 e. The van der Waals surface area contributed by atoms with Gasteiger partial charge in [0.1, 0.15) is 0 Å². The van der Waals surface area contributed by atoms with Crippen molar-refractivity contribution in [2.45, 2.75) is 39.2 Å². The Labute approximate surface area is 98.0 Å². The van der Waals surface area contributed by atoms with Crippen LogP contribution in [-0.2, 0) is 4.79 Å². The third kappa shape index (κ3) is 2.95. The van der Waals surface area contributed by atoms with Crippen LogP contribution in [0.3, 0.4) is 0 Å². The molecule has 4 heteroatoms. The molecule has 0 spiro atoms. The number of carbonyl (C=O) groups excluding carboxylic acids is 1. The van der Waals surface area contributed by atoms with Crippen LogP contribution in [0, 0.1) is 5.41 Å². The molecular weight excluding hydrogens is 204 g/mol. The number of amides is 1. The molecular formula is C12H24N2O2. The summed E-state index contributed by atoms with van der Waals surface area (Å²) < 4.78 is 0. The van der Waals surface area contributed by atoms with Crippen molar-refractivity contribution in [3.05, 3.63) is 0 Å². The highest BCUT2D eigenvalue weighted by atomic mass is 16.3. The second-order valence-corrected chi connectivity index (χ2v) is 4.92. The first kappa shape index (κ1) is 13.5.